The summed E-state index contributed by atoms with van der Waals surface area (Å²) in [5, 5.41) is 0. The molecule has 0 saturated heterocycles. The average Bonchev–Trinajstić information content (AvgIpc) is 1.82. The van der Waals surface area contributed by atoms with Crippen molar-refractivity contribution in [3.63, 3.8) is 0 Å². The molecule has 1 nitrogen and oxygen atoms in total. The maximum absolute atomic E-state index is 2.53. The van der Waals surface area contributed by atoms with Gasteiger partial charge in [0.05, 0.1) is 0 Å². The van der Waals surface area contributed by atoms with Crippen molar-refractivity contribution in [1.82, 2.24) is 4.90 Å². The molecule has 0 bridgehead atoms. The molecule has 0 aromatic rings. The van der Waals surface area contributed by atoms with E-state index in [-0.39, 0.29) is 0 Å². The Morgan fingerprint density at radius 3 is 1.92 bits per heavy atom. The van der Waals surface area contributed by atoms with E-state index in [1.807, 2.05) is 0 Å². The first-order valence-corrected chi connectivity index (χ1v) is 5.07. The third-order valence-corrected chi connectivity index (χ3v) is 1.77. The average molecular weight is 171 g/mol. The Hall–Kier alpha value is -0.0400. The molecule has 0 aliphatic rings. The second-order valence-electron chi connectivity index (χ2n) is 5.28. The number of nitrogens with zero attached hydrogens (tertiary/aromatic N) is 1. The predicted octanol–water partition coefficient (Wildman–Crippen LogP) is 3.01. The predicted molar refractivity (Wildman–Crippen MR) is 56.4 cm³/mol. The van der Waals surface area contributed by atoms with Crippen LogP contribution in [0, 0.1) is 11.3 Å². The summed E-state index contributed by atoms with van der Waals surface area (Å²) >= 11 is 0. The van der Waals surface area contributed by atoms with Crippen molar-refractivity contribution in [2.45, 2.75) is 41.5 Å². The molecule has 74 valence electrons. The Kier molecular flexibility index (Phi) is 4.84. The van der Waals surface area contributed by atoms with Gasteiger partial charge >= 0.3 is 0 Å². The fourth-order valence-electron chi connectivity index (χ4n) is 1.49. The van der Waals surface area contributed by atoms with E-state index < -0.39 is 0 Å². The highest BCUT2D eigenvalue weighted by Crippen LogP contribution is 2.15. The van der Waals surface area contributed by atoms with E-state index in [0.717, 1.165) is 5.92 Å². The quantitative estimate of drug-likeness (QED) is 0.628. The molecule has 0 heterocycles. The highest BCUT2D eigenvalue weighted by atomic mass is 15.1. The van der Waals surface area contributed by atoms with Gasteiger partial charge in [-0.25, -0.2) is 0 Å². The van der Waals surface area contributed by atoms with Gasteiger partial charge < -0.3 is 4.90 Å². The van der Waals surface area contributed by atoms with Gasteiger partial charge in [0.1, 0.15) is 0 Å². The molecule has 0 aliphatic carbocycles. The Bertz CT molecular complexity index is 111. The van der Waals surface area contributed by atoms with Crippen LogP contribution in [0.1, 0.15) is 41.5 Å². The lowest BCUT2D eigenvalue weighted by Crippen LogP contribution is -2.35. The number of hydrogen-bond acceptors (Lipinski definition) is 1. The van der Waals surface area contributed by atoms with E-state index in [4.69, 9.17) is 0 Å². The third kappa shape index (κ3) is 6.66. The van der Waals surface area contributed by atoms with Gasteiger partial charge in [0.25, 0.3) is 0 Å². The lowest BCUT2D eigenvalue weighted by atomic mass is 9.95. The minimum atomic E-state index is 0.435. The van der Waals surface area contributed by atoms with Crippen molar-refractivity contribution in [1.29, 1.82) is 0 Å². The van der Waals surface area contributed by atoms with E-state index in [0.29, 0.717) is 5.41 Å². The summed E-state index contributed by atoms with van der Waals surface area (Å²) < 4.78 is 0. The van der Waals surface area contributed by atoms with Crippen molar-refractivity contribution in [2.24, 2.45) is 11.3 Å². The fraction of sp³-hybridized carbons (Fsp3) is 1.00. The summed E-state index contributed by atoms with van der Waals surface area (Å²) in [6.45, 7) is 17.3. The molecule has 0 radical (unpaired) electrons. The lowest BCUT2D eigenvalue weighted by molar-refractivity contribution is 0.182. The van der Waals surface area contributed by atoms with Gasteiger partial charge in [0.15, 0.2) is 0 Å². The minimum Gasteiger partial charge on any atom is -0.303 e. The normalized spacial score (nSPS) is 13.0. The molecular weight excluding hydrogens is 146 g/mol. The topological polar surface area (TPSA) is 3.24 Å². The smallest absolute Gasteiger partial charge is 0.00300 e. The molecule has 0 rings (SSSR count). The SMILES string of the molecule is CCN(CC(C)C)CC(C)(C)C. The maximum atomic E-state index is 2.53. The van der Waals surface area contributed by atoms with E-state index in [1.165, 1.54) is 19.6 Å². The Morgan fingerprint density at radius 1 is 1.17 bits per heavy atom. The standard InChI is InChI=1S/C11H25N/c1-7-12(8-10(2)3)9-11(4,5)6/h10H,7-9H2,1-6H3. The van der Waals surface area contributed by atoms with Crippen LogP contribution in [0.4, 0.5) is 0 Å². The van der Waals surface area contributed by atoms with Crippen LogP contribution >= 0.6 is 0 Å². The zero-order valence-electron chi connectivity index (χ0n) is 9.65. The molecular formula is C11H25N. The second-order valence-corrected chi connectivity index (χ2v) is 5.28. The molecule has 0 unspecified atom stereocenters. The van der Waals surface area contributed by atoms with E-state index in [9.17, 15) is 0 Å². The molecule has 0 N–H and O–H groups in total. The van der Waals surface area contributed by atoms with Crippen molar-refractivity contribution < 1.29 is 0 Å². The van der Waals surface area contributed by atoms with Gasteiger partial charge in [-0.1, -0.05) is 41.5 Å². The second kappa shape index (κ2) is 4.86. The zero-order chi connectivity index (χ0) is 9.78. The van der Waals surface area contributed by atoms with Gasteiger partial charge in [0, 0.05) is 13.1 Å². The van der Waals surface area contributed by atoms with Gasteiger partial charge in [-0.15, -0.1) is 0 Å². The molecule has 1 heteroatoms. The molecule has 0 aliphatic heterocycles. The monoisotopic (exact) mass is 171 g/mol. The first kappa shape index (κ1) is 12.0. The summed E-state index contributed by atoms with van der Waals surface area (Å²) in [6, 6.07) is 0. The summed E-state index contributed by atoms with van der Waals surface area (Å²) in [6.07, 6.45) is 0. The molecule has 0 atom stereocenters. The minimum absolute atomic E-state index is 0.435. The van der Waals surface area contributed by atoms with E-state index in [1.54, 1.807) is 0 Å². The highest BCUT2D eigenvalue weighted by Gasteiger charge is 2.15. The summed E-state index contributed by atoms with van der Waals surface area (Å²) in [7, 11) is 0. The van der Waals surface area contributed by atoms with Crippen LogP contribution in [-0.4, -0.2) is 24.5 Å². The highest BCUT2D eigenvalue weighted by molar-refractivity contribution is 4.68. The Labute approximate surface area is 78.1 Å². The van der Waals surface area contributed by atoms with Gasteiger partial charge in [-0.3, -0.25) is 0 Å². The van der Waals surface area contributed by atoms with Crippen LogP contribution in [0.25, 0.3) is 0 Å². The molecule has 0 saturated carbocycles. The van der Waals surface area contributed by atoms with Crippen molar-refractivity contribution >= 4 is 0 Å². The van der Waals surface area contributed by atoms with Crippen molar-refractivity contribution in [3.05, 3.63) is 0 Å². The van der Waals surface area contributed by atoms with E-state index in [2.05, 4.69) is 46.4 Å². The van der Waals surface area contributed by atoms with Crippen LogP contribution in [0.15, 0.2) is 0 Å². The van der Waals surface area contributed by atoms with Gasteiger partial charge in [0.2, 0.25) is 0 Å². The Morgan fingerprint density at radius 2 is 1.67 bits per heavy atom. The van der Waals surface area contributed by atoms with Gasteiger partial charge in [-0.05, 0) is 17.9 Å². The molecule has 0 aromatic heterocycles. The number of hydrogen-bond donors (Lipinski definition) is 0. The van der Waals surface area contributed by atoms with Crippen LogP contribution in [0.3, 0.4) is 0 Å². The van der Waals surface area contributed by atoms with Crippen LogP contribution < -0.4 is 0 Å². The summed E-state index contributed by atoms with van der Waals surface area (Å²) in [5.74, 6) is 0.785. The lowest BCUT2D eigenvalue weighted by Gasteiger charge is -2.30. The molecule has 0 aromatic carbocycles. The fourth-order valence-corrected chi connectivity index (χ4v) is 1.49. The van der Waals surface area contributed by atoms with Crippen molar-refractivity contribution in [2.75, 3.05) is 19.6 Å². The number of rotatable bonds is 4. The van der Waals surface area contributed by atoms with Crippen LogP contribution in [-0.2, 0) is 0 Å². The molecule has 12 heavy (non-hydrogen) atoms. The van der Waals surface area contributed by atoms with Crippen LogP contribution in [0.2, 0.25) is 0 Å². The first-order chi connectivity index (χ1) is 5.35. The molecule has 0 amide bonds. The van der Waals surface area contributed by atoms with E-state index >= 15 is 0 Å². The molecule has 0 fully saturated rings. The third-order valence-electron chi connectivity index (χ3n) is 1.77. The first-order valence-electron chi connectivity index (χ1n) is 5.07. The summed E-state index contributed by atoms with van der Waals surface area (Å²) in [5.41, 5.74) is 0.435. The van der Waals surface area contributed by atoms with Crippen LogP contribution in [0.5, 0.6) is 0 Å². The maximum Gasteiger partial charge on any atom is 0.00300 e. The summed E-state index contributed by atoms with van der Waals surface area (Å²) in [4.78, 5) is 2.53. The Balaban J connectivity index is 3.83. The molecule has 0 spiro atoms. The van der Waals surface area contributed by atoms with Gasteiger partial charge in [-0.2, -0.15) is 0 Å². The van der Waals surface area contributed by atoms with Crippen molar-refractivity contribution in [3.8, 4) is 0 Å². The largest absolute Gasteiger partial charge is 0.303 e. The zero-order valence-corrected chi connectivity index (χ0v) is 9.65.